The van der Waals surface area contributed by atoms with Gasteiger partial charge in [0.2, 0.25) is 5.91 Å². The topological polar surface area (TPSA) is 55.4 Å². The van der Waals surface area contributed by atoms with Gasteiger partial charge in [-0.1, -0.05) is 25.0 Å². The van der Waals surface area contributed by atoms with Crippen molar-refractivity contribution in [2.45, 2.75) is 46.0 Å². The number of Topliss-reactive ketones (excluding diaryl/α,β-unsaturated/α-hetero) is 1. The Balaban J connectivity index is 2.24. The predicted molar refractivity (Wildman–Crippen MR) is 108 cm³/mol. The van der Waals surface area contributed by atoms with Crippen molar-refractivity contribution in [1.82, 2.24) is 5.32 Å². The molecule has 4 heteroatoms. The molecule has 2 atom stereocenters. The number of methoxy groups -OCH3 is 1. The summed E-state index contributed by atoms with van der Waals surface area (Å²) in [6.45, 7) is 11.1. The fraction of sp³-hybridized carbons (Fsp3) is 0.478. The molecule has 144 valence electrons. The van der Waals surface area contributed by atoms with Gasteiger partial charge in [-0.05, 0) is 55.0 Å². The van der Waals surface area contributed by atoms with Gasteiger partial charge in [-0.2, -0.15) is 0 Å². The number of rotatable bonds is 7. The lowest BCUT2D eigenvalue weighted by Gasteiger charge is -2.20. The van der Waals surface area contributed by atoms with Crippen LogP contribution in [0.2, 0.25) is 0 Å². The molecule has 0 radical (unpaired) electrons. The van der Waals surface area contributed by atoms with Crippen LogP contribution in [0.4, 0.5) is 0 Å². The Labute approximate surface area is 162 Å². The molecule has 1 aromatic rings. The third-order valence-corrected chi connectivity index (χ3v) is 5.14. The van der Waals surface area contributed by atoms with Gasteiger partial charge in [0.15, 0.2) is 0 Å². The lowest BCUT2D eigenvalue weighted by Crippen LogP contribution is -2.28. The molecule has 1 aromatic carbocycles. The molecular formula is C23H29NO3. The van der Waals surface area contributed by atoms with Crippen LogP contribution in [0.25, 0.3) is 0 Å². The van der Waals surface area contributed by atoms with Crippen molar-refractivity contribution >= 4 is 11.7 Å². The standard InChI is InChI=1S/C23H29NO3/c1-6-8-17-11-15(3)22(18(7-2)12-17)23-16(4)19(13-20(23)25)14-21(26)24-9-10-27-5/h11-12,19,23H,4,7,9-10,13-14H2,1-3,5H3,(H,24,26). The van der Waals surface area contributed by atoms with Gasteiger partial charge in [-0.3, -0.25) is 9.59 Å². The number of nitrogens with one attached hydrogen (secondary N) is 1. The SMILES string of the molecule is C=C1C(CC(=O)NCCOC)CC(=O)C1c1c(C)cc(C#CC)cc1CC. The third kappa shape index (κ3) is 4.87. The van der Waals surface area contributed by atoms with Crippen LogP contribution >= 0.6 is 0 Å². The number of allylic oxidation sites excluding steroid dienone is 1. The lowest BCUT2D eigenvalue weighted by atomic mass is 9.83. The first-order chi connectivity index (χ1) is 12.9. The predicted octanol–water partition coefficient (Wildman–Crippen LogP) is 3.31. The van der Waals surface area contributed by atoms with Crippen molar-refractivity contribution in [2.75, 3.05) is 20.3 Å². The van der Waals surface area contributed by atoms with E-state index in [1.54, 1.807) is 7.11 Å². The van der Waals surface area contributed by atoms with E-state index in [-0.39, 0.29) is 23.5 Å². The van der Waals surface area contributed by atoms with Crippen molar-refractivity contribution in [3.63, 3.8) is 0 Å². The summed E-state index contributed by atoms with van der Waals surface area (Å²) in [5.41, 5.74) is 5.08. The molecule has 1 fully saturated rings. The van der Waals surface area contributed by atoms with Crippen LogP contribution < -0.4 is 5.32 Å². The number of ketones is 1. The number of ether oxygens (including phenoxy) is 1. The highest BCUT2D eigenvalue weighted by molar-refractivity contribution is 5.94. The van der Waals surface area contributed by atoms with E-state index in [9.17, 15) is 9.59 Å². The number of carbonyl (C=O) groups is 2. The average Bonchev–Trinajstić information content (AvgIpc) is 2.89. The zero-order valence-corrected chi connectivity index (χ0v) is 16.8. The van der Waals surface area contributed by atoms with E-state index in [0.717, 1.165) is 34.2 Å². The maximum absolute atomic E-state index is 12.8. The first-order valence-corrected chi connectivity index (χ1v) is 9.46. The summed E-state index contributed by atoms with van der Waals surface area (Å²) in [6, 6.07) is 4.11. The molecule has 0 aromatic heterocycles. The van der Waals surface area contributed by atoms with Crippen LogP contribution in [0.1, 0.15) is 54.9 Å². The molecule has 27 heavy (non-hydrogen) atoms. The molecule has 1 saturated carbocycles. The molecule has 4 nitrogen and oxygen atoms in total. The first-order valence-electron chi connectivity index (χ1n) is 9.46. The number of hydrogen-bond acceptors (Lipinski definition) is 3. The van der Waals surface area contributed by atoms with Crippen molar-refractivity contribution in [3.05, 3.63) is 46.5 Å². The van der Waals surface area contributed by atoms with E-state index in [1.165, 1.54) is 0 Å². The fourth-order valence-corrected chi connectivity index (χ4v) is 3.87. The highest BCUT2D eigenvalue weighted by Gasteiger charge is 2.39. The molecule has 1 aliphatic carbocycles. The van der Waals surface area contributed by atoms with Crippen LogP contribution in [0.15, 0.2) is 24.3 Å². The summed E-state index contributed by atoms with van der Waals surface area (Å²) in [6.07, 6.45) is 1.50. The molecule has 0 saturated heterocycles. The Kier molecular flexibility index (Phi) is 7.38. The monoisotopic (exact) mass is 367 g/mol. The first kappa shape index (κ1) is 20.9. The molecule has 0 bridgehead atoms. The van der Waals surface area contributed by atoms with Gasteiger partial charge in [0, 0.05) is 32.1 Å². The summed E-state index contributed by atoms with van der Waals surface area (Å²) in [4.78, 5) is 25.0. The third-order valence-electron chi connectivity index (χ3n) is 5.14. The van der Waals surface area contributed by atoms with Gasteiger partial charge in [-0.25, -0.2) is 0 Å². The zero-order chi connectivity index (χ0) is 20.0. The van der Waals surface area contributed by atoms with Crippen molar-refractivity contribution < 1.29 is 14.3 Å². The van der Waals surface area contributed by atoms with E-state index in [4.69, 9.17) is 4.74 Å². The minimum absolute atomic E-state index is 0.0624. The van der Waals surface area contributed by atoms with Gasteiger partial charge < -0.3 is 10.1 Å². The Hall–Kier alpha value is -2.38. The molecular weight excluding hydrogens is 338 g/mol. The second-order valence-corrected chi connectivity index (χ2v) is 7.02. The largest absolute Gasteiger partial charge is 0.383 e. The van der Waals surface area contributed by atoms with Crippen molar-refractivity contribution in [1.29, 1.82) is 0 Å². The Morgan fingerprint density at radius 1 is 1.41 bits per heavy atom. The highest BCUT2D eigenvalue weighted by Crippen LogP contribution is 2.43. The van der Waals surface area contributed by atoms with E-state index < -0.39 is 0 Å². The van der Waals surface area contributed by atoms with Crippen LogP contribution in [0.3, 0.4) is 0 Å². The maximum atomic E-state index is 12.8. The molecule has 1 N–H and O–H groups in total. The minimum atomic E-state index is -0.319. The molecule has 0 aliphatic heterocycles. The summed E-state index contributed by atoms with van der Waals surface area (Å²) in [5, 5.41) is 2.82. The minimum Gasteiger partial charge on any atom is -0.383 e. The normalized spacial score (nSPS) is 19.0. The van der Waals surface area contributed by atoms with Crippen LogP contribution in [-0.4, -0.2) is 32.0 Å². The lowest BCUT2D eigenvalue weighted by molar-refractivity contribution is -0.122. The summed E-state index contributed by atoms with van der Waals surface area (Å²) in [5.74, 6) is 5.70. The van der Waals surface area contributed by atoms with E-state index in [2.05, 4.69) is 36.7 Å². The van der Waals surface area contributed by atoms with Gasteiger partial charge in [0.25, 0.3) is 0 Å². The Bertz CT molecular complexity index is 798. The molecule has 2 unspecified atom stereocenters. The number of carbonyl (C=O) groups excluding carboxylic acids is 2. The van der Waals surface area contributed by atoms with E-state index in [0.29, 0.717) is 26.0 Å². The average molecular weight is 367 g/mol. The number of benzene rings is 1. The summed E-state index contributed by atoms with van der Waals surface area (Å²) in [7, 11) is 1.60. The molecule has 0 heterocycles. The van der Waals surface area contributed by atoms with Crippen molar-refractivity contribution in [3.8, 4) is 11.8 Å². The summed E-state index contributed by atoms with van der Waals surface area (Å²) >= 11 is 0. The van der Waals surface area contributed by atoms with Crippen molar-refractivity contribution in [2.24, 2.45) is 5.92 Å². The molecule has 1 amide bonds. The Morgan fingerprint density at radius 3 is 2.78 bits per heavy atom. The van der Waals surface area contributed by atoms with Gasteiger partial charge >= 0.3 is 0 Å². The fourth-order valence-electron chi connectivity index (χ4n) is 3.87. The molecule has 0 spiro atoms. The van der Waals surface area contributed by atoms with Crippen LogP contribution in [-0.2, 0) is 20.7 Å². The number of hydrogen-bond donors (Lipinski definition) is 1. The van der Waals surface area contributed by atoms with E-state index >= 15 is 0 Å². The van der Waals surface area contributed by atoms with Crippen LogP contribution in [0, 0.1) is 24.7 Å². The van der Waals surface area contributed by atoms with E-state index in [1.807, 2.05) is 19.9 Å². The second-order valence-electron chi connectivity index (χ2n) is 7.02. The number of aryl methyl sites for hydroxylation is 2. The smallest absolute Gasteiger partial charge is 0.220 e. The summed E-state index contributed by atoms with van der Waals surface area (Å²) < 4.78 is 4.94. The quantitative estimate of drug-likeness (QED) is 0.457. The Morgan fingerprint density at radius 2 is 2.15 bits per heavy atom. The maximum Gasteiger partial charge on any atom is 0.220 e. The molecule has 2 rings (SSSR count). The van der Waals surface area contributed by atoms with Crippen LogP contribution in [0.5, 0.6) is 0 Å². The zero-order valence-electron chi connectivity index (χ0n) is 16.8. The van der Waals surface area contributed by atoms with Gasteiger partial charge in [-0.15, -0.1) is 5.92 Å². The highest BCUT2D eigenvalue weighted by atomic mass is 16.5. The van der Waals surface area contributed by atoms with Gasteiger partial charge in [0.05, 0.1) is 12.5 Å². The second kappa shape index (κ2) is 9.53. The van der Waals surface area contributed by atoms with Gasteiger partial charge in [0.1, 0.15) is 5.78 Å². The molecule has 1 aliphatic rings. The number of amides is 1.